The van der Waals surface area contributed by atoms with E-state index in [4.69, 9.17) is 17.2 Å². The van der Waals surface area contributed by atoms with E-state index in [0.29, 0.717) is 28.7 Å². The molecule has 11 atom stereocenters. The summed E-state index contributed by atoms with van der Waals surface area (Å²) in [5.41, 5.74) is 18.6. The maximum absolute atomic E-state index is 14.9. The van der Waals surface area contributed by atoms with Crippen molar-refractivity contribution in [3.05, 3.63) is 131 Å². The van der Waals surface area contributed by atoms with E-state index in [2.05, 4.69) is 42.5 Å². The summed E-state index contributed by atoms with van der Waals surface area (Å²) in [7, 11) is 0. The van der Waals surface area contributed by atoms with Crippen LogP contribution < -0.4 is 59.7 Å². The van der Waals surface area contributed by atoms with Gasteiger partial charge in [-0.1, -0.05) is 98.8 Å². The standard InChI is InChI=1S/C64H84N12O16/c1-35(2)30-46(70-59(86)47(31-40-17-21-42(78)22-18-40)71-57(84)45(26-28-53(67)81)69-56(83)44(65)25-27-52(66)80)58(85)68-36(3)55(82)73-49(33-38-12-7-5-8-13-38)63(90)76-29-11-16-51(76)61(88)72-48(32-41-19-23-43(79)24-20-41)60(87)75-54(37(4)77)62(89)74-50(64(91)92)34-39-14-9-6-10-15-39/h5-10,12-15,17-24,35-37,44-51,54,77-79H,11,16,25-34,65H2,1-4H3,(H2,66,80)(H2,67,81)(H,68,85)(H,69,83)(H,70,86)(H,71,84)(H,72,88)(H,73,82)(H,74,89)(H,75,87)(H,91,92)/t36-,37+,44-,45-,46-,47-,48-,49-,50-,51-,54-/m0/s1. The number of phenolic OH excluding ortho intramolecular Hbond substituents is 2. The molecule has 0 unspecified atom stereocenters. The normalized spacial score (nSPS) is 16.0. The smallest absolute Gasteiger partial charge is 0.326 e. The average molecular weight is 1280 g/mol. The van der Waals surface area contributed by atoms with Crippen LogP contribution in [0.2, 0.25) is 0 Å². The summed E-state index contributed by atoms with van der Waals surface area (Å²) in [6.45, 7) is 6.09. The van der Waals surface area contributed by atoms with Gasteiger partial charge in [-0.05, 0) is 98.4 Å². The van der Waals surface area contributed by atoms with E-state index < -0.39 is 137 Å². The summed E-state index contributed by atoms with van der Waals surface area (Å²) in [6.07, 6.45) is -2.99. The Morgan fingerprint density at radius 3 is 1.42 bits per heavy atom. The number of hydrogen-bond donors (Lipinski definition) is 15. The molecule has 1 saturated heterocycles. The maximum atomic E-state index is 14.9. The Morgan fingerprint density at radius 1 is 0.489 bits per heavy atom. The van der Waals surface area contributed by atoms with Gasteiger partial charge in [0.1, 0.15) is 65.9 Å². The van der Waals surface area contributed by atoms with Crippen LogP contribution in [0, 0.1) is 5.92 Å². The van der Waals surface area contributed by atoms with Crippen molar-refractivity contribution in [2.45, 2.75) is 165 Å². The molecule has 4 aromatic carbocycles. The summed E-state index contributed by atoms with van der Waals surface area (Å²) in [5, 5.41) is 61.3. The largest absolute Gasteiger partial charge is 0.508 e. The zero-order chi connectivity index (χ0) is 67.8. The number of amides is 11. The quantitative estimate of drug-likeness (QED) is 0.0253. The molecule has 0 saturated carbocycles. The fourth-order valence-electron chi connectivity index (χ4n) is 10.1. The SMILES string of the molecule is CC(C)C[C@H](NC(=O)[C@H](Cc1ccc(O)cc1)NC(=O)[C@H](CCC(N)=O)NC(=O)[C@@H](N)CCC(N)=O)C(=O)N[C@@H](C)C(=O)N[C@@H](Cc1ccccc1)C(=O)N1CCC[C@H]1C(=O)N[C@@H](Cc1ccc(O)cc1)C(=O)N[C@H](C(=O)N[C@@H](Cc1ccccc1)C(=O)O)[C@@H](C)O. The predicted molar refractivity (Wildman–Crippen MR) is 333 cm³/mol. The number of carbonyl (C=O) groups is 12. The van der Waals surface area contributed by atoms with Crippen LogP contribution >= 0.6 is 0 Å². The number of hydrogen-bond acceptors (Lipinski definition) is 16. The molecule has 0 aliphatic carbocycles. The van der Waals surface area contributed by atoms with Gasteiger partial charge in [0.05, 0.1) is 12.1 Å². The zero-order valence-electron chi connectivity index (χ0n) is 51.7. The Morgan fingerprint density at radius 2 is 0.913 bits per heavy atom. The number of aliphatic carboxylic acids is 1. The molecule has 11 amide bonds. The van der Waals surface area contributed by atoms with Crippen LogP contribution in [-0.4, -0.2) is 169 Å². The van der Waals surface area contributed by atoms with Gasteiger partial charge < -0.3 is 85.1 Å². The molecule has 1 fully saturated rings. The molecule has 5 rings (SSSR count). The highest BCUT2D eigenvalue weighted by Gasteiger charge is 2.41. The summed E-state index contributed by atoms with van der Waals surface area (Å²) in [6, 6.07) is 14.1. The van der Waals surface area contributed by atoms with Crippen molar-refractivity contribution in [1.82, 2.24) is 47.4 Å². The molecule has 28 nitrogen and oxygen atoms in total. The van der Waals surface area contributed by atoms with Gasteiger partial charge in [0, 0.05) is 45.1 Å². The second-order valence-corrected chi connectivity index (χ2v) is 23.2. The number of nitrogens with two attached hydrogens (primary N) is 3. The molecule has 496 valence electrons. The summed E-state index contributed by atoms with van der Waals surface area (Å²) in [5.74, 6) is -11.3. The molecular formula is C64H84N12O16. The van der Waals surface area contributed by atoms with E-state index >= 15 is 0 Å². The first kappa shape index (κ1) is 72.8. The van der Waals surface area contributed by atoms with E-state index in [1.807, 2.05) is 0 Å². The van der Waals surface area contributed by atoms with Crippen LogP contribution in [0.4, 0.5) is 0 Å². The number of carboxylic acid groups (broad SMARTS) is 1. The fourth-order valence-corrected chi connectivity index (χ4v) is 10.1. The summed E-state index contributed by atoms with van der Waals surface area (Å²) >= 11 is 0. The number of phenols is 2. The lowest BCUT2D eigenvalue weighted by atomic mass is 10.00. The Hall–Kier alpha value is -9.96. The third-order valence-electron chi connectivity index (χ3n) is 15.2. The molecule has 0 aromatic heterocycles. The number of aromatic hydroxyl groups is 2. The third kappa shape index (κ3) is 23.4. The van der Waals surface area contributed by atoms with Gasteiger partial charge in [-0.3, -0.25) is 52.7 Å². The van der Waals surface area contributed by atoms with Crippen molar-refractivity contribution in [2.24, 2.45) is 23.1 Å². The predicted octanol–water partition coefficient (Wildman–Crippen LogP) is -1.37. The van der Waals surface area contributed by atoms with Crippen molar-refractivity contribution >= 4 is 70.9 Å². The van der Waals surface area contributed by atoms with Gasteiger partial charge in [0.2, 0.25) is 65.0 Å². The van der Waals surface area contributed by atoms with E-state index in [0.717, 1.165) is 0 Å². The van der Waals surface area contributed by atoms with Gasteiger partial charge in [-0.15, -0.1) is 0 Å². The third-order valence-corrected chi connectivity index (χ3v) is 15.2. The number of rotatable bonds is 35. The molecule has 1 aliphatic rings. The maximum Gasteiger partial charge on any atom is 0.326 e. The van der Waals surface area contributed by atoms with Crippen molar-refractivity contribution in [3.8, 4) is 11.5 Å². The van der Waals surface area contributed by atoms with Crippen LogP contribution in [-0.2, 0) is 83.2 Å². The molecule has 0 bridgehead atoms. The van der Waals surface area contributed by atoms with Crippen molar-refractivity contribution in [2.75, 3.05) is 6.54 Å². The highest BCUT2D eigenvalue weighted by atomic mass is 16.4. The highest BCUT2D eigenvalue weighted by Crippen LogP contribution is 2.22. The van der Waals surface area contributed by atoms with Crippen molar-refractivity contribution < 1.29 is 78.0 Å². The van der Waals surface area contributed by atoms with Crippen molar-refractivity contribution in [3.63, 3.8) is 0 Å². The molecule has 4 aromatic rings. The number of aliphatic hydroxyl groups excluding tert-OH is 1. The van der Waals surface area contributed by atoms with Crippen LogP contribution in [0.25, 0.3) is 0 Å². The van der Waals surface area contributed by atoms with E-state index in [-0.39, 0.29) is 88.2 Å². The molecule has 0 radical (unpaired) electrons. The minimum atomic E-state index is -1.72. The molecule has 1 aliphatic heterocycles. The summed E-state index contributed by atoms with van der Waals surface area (Å²) < 4.78 is 0. The number of benzene rings is 4. The Bertz CT molecular complexity index is 3210. The van der Waals surface area contributed by atoms with E-state index in [1.54, 1.807) is 74.5 Å². The number of nitrogens with one attached hydrogen (secondary N) is 8. The average Bonchev–Trinajstić information content (AvgIpc) is 1.62. The number of primary amides is 2. The lowest BCUT2D eigenvalue weighted by Crippen LogP contribution is -2.61. The topological polar surface area (TPSA) is 463 Å². The Kier molecular flexibility index (Phi) is 28.0. The minimum absolute atomic E-state index is 0.00384. The van der Waals surface area contributed by atoms with Gasteiger partial charge >= 0.3 is 5.97 Å². The number of carboxylic acids is 1. The lowest BCUT2D eigenvalue weighted by molar-refractivity contribution is -0.143. The Labute approximate surface area is 531 Å². The second-order valence-electron chi connectivity index (χ2n) is 23.2. The monoisotopic (exact) mass is 1280 g/mol. The van der Waals surface area contributed by atoms with Crippen LogP contribution in [0.3, 0.4) is 0 Å². The molecule has 1 heterocycles. The van der Waals surface area contributed by atoms with Crippen LogP contribution in [0.5, 0.6) is 11.5 Å². The number of nitrogens with zero attached hydrogens (tertiary/aromatic N) is 1. The highest BCUT2D eigenvalue weighted by molar-refractivity contribution is 5.99. The first-order chi connectivity index (χ1) is 43.6. The fraction of sp³-hybridized carbons (Fsp3) is 0.438. The number of aliphatic hydroxyl groups is 1. The van der Waals surface area contributed by atoms with Crippen LogP contribution in [0.1, 0.15) is 94.9 Å². The molecule has 0 spiro atoms. The van der Waals surface area contributed by atoms with Gasteiger partial charge in [0.15, 0.2) is 0 Å². The van der Waals surface area contributed by atoms with Gasteiger partial charge in [-0.2, -0.15) is 0 Å². The van der Waals surface area contributed by atoms with Crippen LogP contribution in [0.15, 0.2) is 109 Å². The van der Waals surface area contributed by atoms with E-state index in [1.165, 1.54) is 67.3 Å². The Balaban J connectivity index is 1.35. The minimum Gasteiger partial charge on any atom is -0.508 e. The molecule has 92 heavy (non-hydrogen) atoms. The first-order valence-corrected chi connectivity index (χ1v) is 30.2. The lowest BCUT2D eigenvalue weighted by Gasteiger charge is -2.31. The zero-order valence-corrected chi connectivity index (χ0v) is 51.7. The first-order valence-electron chi connectivity index (χ1n) is 30.2. The van der Waals surface area contributed by atoms with Crippen molar-refractivity contribution in [1.29, 1.82) is 0 Å². The molecular weight excluding hydrogens is 1190 g/mol. The summed E-state index contributed by atoms with van der Waals surface area (Å²) in [4.78, 5) is 164. The van der Waals surface area contributed by atoms with E-state index in [9.17, 15) is 78.0 Å². The molecule has 28 heteroatoms. The molecule has 18 N–H and O–H groups in total. The van der Waals surface area contributed by atoms with Gasteiger partial charge in [-0.25, -0.2) is 4.79 Å². The number of likely N-dealkylation sites (tertiary alicyclic amines) is 1. The number of carbonyl (C=O) groups excluding carboxylic acids is 11. The second kappa shape index (κ2) is 35.4. The van der Waals surface area contributed by atoms with Gasteiger partial charge in [0.25, 0.3) is 0 Å².